The fraction of sp³-hybridized carbons (Fsp3) is 0. The van der Waals surface area contributed by atoms with Crippen LogP contribution in [0.5, 0.6) is 0 Å². The zero-order valence-corrected chi connectivity index (χ0v) is 9.22. The second-order valence-electron chi connectivity index (χ2n) is 1.97. The Morgan fingerprint density at radius 3 is 2.64 bits per heavy atom. The molecule has 0 unspecified atom stereocenters. The molecule has 1 amide bonds. The van der Waals surface area contributed by atoms with E-state index in [0.717, 1.165) is 8.04 Å². The van der Waals surface area contributed by atoms with Crippen LogP contribution >= 0.6 is 38.5 Å². The maximum Gasteiger partial charge on any atom is 0.249 e. The lowest BCUT2D eigenvalue weighted by Gasteiger charge is -2.00. The van der Waals surface area contributed by atoms with Gasteiger partial charge in [0.25, 0.3) is 0 Å². The Labute approximate surface area is 86.4 Å². The van der Waals surface area contributed by atoms with Gasteiger partial charge in [-0.3, -0.25) is 4.79 Å². The molecule has 0 heterocycles. The summed E-state index contributed by atoms with van der Waals surface area (Å²) in [6.45, 7) is 0. The average molecular weight is 326 g/mol. The molecule has 58 valence electrons. The largest absolute Gasteiger partial charge is 0.366 e. The summed E-state index contributed by atoms with van der Waals surface area (Å²) in [5.41, 5.74) is 5.64. The molecule has 0 spiro atoms. The zero-order chi connectivity index (χ0) is 8.43. The molecule has 1 aromatic carbocycles. The molecule has 0 aliphatic heterocycles. The highest BCUT2D eigenvalue weighted by molar-refractivity contribution is 14.1. The summed E-state index contributed by atoms with van der Waals surface area (Å²) in [4.78, 5) is 10.8. The van der Waals surface area contributed by atoms with Gasteiger partial charge in [0, 0.05) is 8.04 Å². The van der Waals surface area contributed by atoms with E-state index in [1.807, 2.05) is 6.07 Å². The summed E-state index contributed by atoms with van der Waals surface area (Å²) in [5.74, 6) is -0.407. The number of rotatable bonds is 1. The SMILES string of the molecule is NC(=O)c1cccc(I)c1Br. The third-order valence-corrected chi connectivity index (χ3v) is 3.71. The van der Waals surface area contributed by atoms with Crippen molar-refractivity contribution in [3.8, 4) is 0 Å². The second kappa shape index (κ2) is 3.53. The van der Waals surface area contributed by atoms with Crippen molar-refractivity contribution in [1.82, 2.24) is 0 Å². The number of carbonyl (C=O) groups is 1. The Morgan fingerprint density at radius 1 is 1.55 bits per heavy atom. The number of primary amides is 1. The van der Waals surface area contributed by atoms with Crippen LogP contribution in [0.25, 0.3) is 0 Å². The van der Waals surface area contributed by atoms with Gasteiger partial charge in [-0.2, -0.15) is 0 Å². The quantitative estimate of drug-likeness (QED) is 0.790. The molecule has 0 radical (unpaired) electrons. The van der Waals surface area contributed by atoms with E-state index >= 15 is 0 Å². The zero-order valence-electron chi connectivity index (χ0n) is 5.47. The number of benzene rings is 1. The highest BCUT2D eigenvalue weighted by Gasteiger charge is 2.06. The fourth-order valence-corrected chi connectivity index (χ4v) is 1.65. The Hall–Kier alpha value is -0.100. The second-order valence-corrected chi connectivity index (χ2v) is 3.92. The van der Waals surface area contributed by atoms with E-state index in [0.29, 0.717) is 5.56 Å². The summed E-state index contributed by atoms with van der Waals surface area (Å²) in [7, 11) is 0. The first-order valence-corrected chi connectivity index (χ1v) is 4.74. The number of nitrogens with two attached hydrogens (primary N) is 1. The normalized spacial score (nSPS) is 9.64. The summed E-state index contributed by atoms with van der Waals surface area (Å²) in [6.07, 6.45) is 0. The first-order chi connectivity index (χ1) is 5.13. The molecule has 0 saturated carbocycles. The van der Waals surface area contributed by atoms with Crippen molar-refractivity contribution in [1.29, 1.82) is 0 Å². The molecule has 0 atom stereocenters. The number of halogens is 2. The van der Waals surface area contributed by atoms with E-state index in [9.17, 15) is 4.79 Å². The summed E-state index contributed by atoms with van der Waals surface area (Å²) < 4.78 is 1.76. The summed E-state index contributed by atoms with van der Waals surface area (Å²) in [6, 6.07) is 5.39. The van der Waals surface area contributed by atoms with Gasteiger partial charge in [0.2, 0.25) is 5.91 Å². The van der Waals surface area contributed by atoms with Crippen molar-refractivity contribution in [3.05, 3.63) is 31.8 Å². The van der Waals surface area contributed by atoms with Crippen LogP contribution in [0, 0.1) is 3.57 Å². The molecule has 0 saturated heterocycles. The van der Waals surface area contributed by atoms with Gasteiger partial charge in [-0.05, 0) is 50.7 Å². The summed E-state index contributed by atoms with van der Waals surface area (Å²) in [5, 5.41) is 0. The van der Waals surface area contributed by atoms with Crippen molar-refractivity contribution in [2.45, 2.75) is 0 Å². The third-order valence-electron chi connectivity index (χ3n) is 1.22. The van der Waals surface area contributed by atoms with Gasteiger partial charge in [0.1, 0.15) is 0 Å². The molecule has 1 rings (SSSR count). The molecular weight excluding hydrogens is 321 g/mol. The lowest BCUT2D eigenvalue weighted by molar-refractivity contribution is 0.0999. The molecule has 2 N–H and O–H groups in total. The van der Waals surface area contributed by atoms with Crippen LogP contribution in [-0.2, 0) is 0 Å². The maximum absolute atomic E-state index is 10.8. The van der Waals surface area contributed by atoms with Crippen molar-refractivity contribution in [2.75, 3.05) is 0 Å². The number of hydrogen-bond acceptors (Lipinski definition) is 1. The van der Waals surface area contributed by atoms with E-state index in [-0.39, 0.29) is 0 Å². The third kappa shape index (κ3) is 1.93. The Morgan fingerprint density at radius 2 is 2.18 bits per heavy atom. The van der Waals surface area contributed by atoms with Crippen LogP contribution in [-0.4, -0.2) is 5.91 Å². The predicted molar refractivity (Wildman–Crippen MR) is 55.4 cm³/mol. The number of hydrogen-bond donors (Lipinski definition) is 1. The van der Waals surface area contributed by atoms with Crippen LogP contribution in [0.15, 0.2) is 22.7 Å². The average Bonchev–Trinajstić information content (AvgIpc) is 1.94. The van der Waals surface area contributed by atoms with Gasteiger partial charge in [-0.15, -0.1) is 0 Å². The molecule has 0 aromatic heterocycles. The van der Waals surface area contributed by atoms with E-state index in [1.165, 1.54) is 0 Å². The van der Waals surface area contributed by atoms with Gasteiger partial charge in [-0.25, -0.2) is 0 Å². The molecule has 0 bridgehead atoms. The topological polar surface area (TPSA) is 43.1 Å². The minimum Gasteiger partial charge on any atom is -0.366 e. The first-order valence-electron chi connectivity index (χ1n) is 2.86. The van der Waals surface area contributed by atoms with Crippen molar-refractivity contribution < 1.29 is 4.79 Å². The standard InChI is InChI=1S/C7H5BrINO/c8-6-4(7(10)11)2-1-3-5(6)9/h1-3H,(H2,10,11). The first kappa shape index (κ1) is 8.99. The lowest BCUT2D eigenvalue weighted by atomic mass is 10.2. The van der Waals surface area contributed by atoms with E-state index in [1.54, 1.807) is 12.1 Å². The highest BCUT2D eigenvalue weighted by Crippen LogP contribution is 2.22. The van der Waals surface area contributed by atoms with Crippen molar-refractivity contribution >= 4 is 44.4 Å². The van der Waals surface area contributed by atoms with Crippen LogP contribution in [0.4, 0.5) is 0 Å². The fourth-order valence-electron chi connectivity index (χ4n) is 0.694. The van der Waals surface area contributed by atoms with Crippen LogP contribution in [0.3, 0.4) is 0 Å². The van der Waals surface area contributed by atoms with Gasteiger partial charge in [-0.1, -0.05) is 6.07 Å². The molecule has 0 aliphatic carbocycles. The molecule has 0 fully saturated rings. The molecule has 0 aliphatic rings. The van der Waals surface area contributed by atoms with Gasteiger partial charge in [0.05, 0.1) is 5.56 Å². The minimum absolute atomic E-state index is 0.407. The molecular formula is C7H5BrINO. The van der Waals surface area contributed by atoms with Crippen LogP contribution in [0.2, 0.25) is 0 Å². The van der Waals surface area contributed by atoms with Crippen LogP contribution in [0.1, 0.15) is 10.4 Å². The van der Waals surface area contributed by atoms with Gasteiger partial charge >= 0.3 is 0 Å². The smallest absolute Gasteiger partial charge is 0.249 e. The molecule has 4 heteroatoms. The van der Waals surface area contributed by atoms with Crippen molar-refractivity contribution in [2.24, 2.45) is 5.73 Å². The molecule has 2 nitrogen and oxygen atoms in total. The van der Waals surface area contributed by atoms with Gasteiger partial charge < -0.3 is 5.73 Å². The number of carbonyl (C=O) groups excluding carboxylic acids is 1. The highest BCUT2D eigenvalue weighted by atomic mass is 127. The maximum atomic E-state index is 10.8. The van der Waals surface area contributed by atoms with E-state index in [4.69, 9.17) is 5.73 Å². The molecule has 1 aromatic rings. The number of amides is 1. The van der Waals surface area contributed by atoms with Gasteiger partial charge in [0.15, 0.2) is 0 Å². The lowest BCUT2D eigenvalue weighted by Crippen LogP contribution is -2.11. The Kier molecular flexibility index (Phi) is 2.89. The van der Waals surface area contributed by atoms with E-state index in [2.05, 4.69) is 38.5 Å². The van der Waals surface area contributed by atoms with Crippen LogP contribution < -0.4 is 5.73 Å². The Bertz CT molecular complexity index is 300. The van der Waals surface area contributed by atoms with Crippen molar-refractivity contribution in [3.63, 3.8) is 0 Å². The summed E-state index contributed by atoms with van der Waals surface area (Å²) >= 11 is 5.40. The molecule has 11 heavy (non-hydrogen) atoms. The predicted octanol–water partition coefficient (Wildman–Crippen LogP) is 2.15. The Balaban J connectivity index is 3.27. The van der Waals surface area contributed by atoms with E-state index < -0.39 is 5.91 Å². The minimum atomic E-state index is -0.407. The monoisotopic (exact) mass is 325 g/mol.